The third-order valence-electron chi connectivity index (χ3n) is 3.30. The second-order valence-electron chi connectivity index (χ2n) is 5.24. The molecule has 20 heavy (non-hydrogen) atoms. The lowest BCUT2D eigenvalue weighted by Crippen LogP contribution is -2.38. The van der Waals surface area contributed by atoms with Crippen LogP contribution in [0.25, 0.3) is 0 Å². The highest BCUT2D eigenvalue weighted by Crippen LogP contribution is 2.25. The normalized spacial score (nSPS) is 18.9. The van der Waals surface area contributed by atoms with E-state index in [-0.39, 0.29) is 24.1 Å². The van der Waals surface area contributed by atoms with Crippen LogP contribution in [-0.2, 0) is 0 Å². The summed E-state index contributed by atoms with van der Waals surface area (Å²) in [7, 11) is 0. The highest BCUT2D eigenvalue weighted by Gasteiger charge is 2.26. The van der Waals surface area contributed by atoms with Gasteiger partial charge in [-0.2, -0.15) is 11.8 Å². The van der Waals surface area contributed by atoms with Gasteiger partial charge in [0.25, 0.3) is 5.56 Å². The maximum Gasteiger partial charge on any atom is 0.274 e. The average molecular weight is 298 g/mol. The van der Waals surface area contributed by atoms with E-state index in [2.05, 4.69) is 34.4 Å². The molecule has 7 heteroatoms. The van der Waals surface area contributed by atoms with Crippen molar-refractivity contribution in [1.82, 2.24) is 15.3 Å². The Balaban J connectivity index is 1.89. The van der Waals surface area contributed by atoms with E-state index >= 15 is 0 Å². The van der Waals surface area contributed by atoms with E-state index < -0.39 is 0 Å². The molecule has 1 aliphatic rings. The van der Waals surface area contributed by atoms with Crippen LogP contribution in [0.5, 0.6) is 0 Å². The van der Waals surface area contributed by atoms with Crippen molar-refractivity contribution in [3.8, 4) is 0 Å². The van der Waals surface area contributed by atoms with Gasteiger partial charge in [0.1, 0.15) is 5.69 Å². The number of nitrogens with one attached hydrogen (secondary N) is 3. The first kappa shape index (κ1) is 15.3. The van der Waals surface area contributed by atoms with Gasteiger partial charge in [-0.25, -0.2) is 4.98 Å². The second kappa shape index (κ2) is 7.10. The Bertz CT molecular complexity index is 492. The van der Waals surface area contributed by atoms with E-state index in [0.29, 0.717) is 24.0 Å². The number of aromatic amines is 1. The zero-order valence-corrected chi connectivity index (χ0v) is 12.7. The minimum atomic E-state index is -0.119. The third-order valence-corrected chi connectivity index (χ3v) is 4.56. The van der Waals surface area contributed by atoms with Crippen LogP contribution in [0.15, 0.2) is 11.1 Å². The van der Waals surface area contributed by atoms with Crippen molar-refractivity contribution in [3.63, 3.8) is 0 Å². The number of rotatable bonds is 7. The first-order valence-electron chi connectivity index (χ1n) is 6.89. The van der Waals surface area contributed by atoms with Gasteiger partial charge in [0, 0.05) is 30.8 Å². The fraction of sp³-hybridized carbons (Fsp3) is 0.692. The van der Waals surface area contributed by atoms with Crippen LogP contribution in [0.3, 0.4) is 0 Å². The van der Waals surface area contributed by atoms with Gasteiger partial charge >= 0.3 is 0 Å². The molecule has 0 bridgehead atoms. The van der Waals surface area contributed by atoms with Crippen LogP contribution in [0.2, 0.25) is 0 Å². The summed E-state index contributed by atoms with van der Waals surface area (Å²) in [6.07, 6.45) is 1.44. The van der Waals surface area contributed by atoms with Gasteiger partial charge in [-0.3, -0.25) is 4.79 Å². The summed E-state index contributed by atoms with van der Waals surface area (Å²) in [4.78, 5) is 18.4. The maximum absolute atomic E-state index is 11.6. The molecule has 0 saturated carbocycles. The lowest BCUT2D eigenvalue weighted by molar-refractivity contribution is 0.252. The van der Waals surface area contributed by atoms with Crippen LogP contribution in [-0.4, -0.2) is 51.8 Å². The summed E-state index contributed by atoms with van der Waals surface area (Å²) in [5.41, 5.74) is 1.28. The van der Waals surface area contributed by atoms with Crippen LogP contribution < -0.4 is 16.2 Å². The smallest absolute Gasteiger partial charge is 0.274 e. The van der Waals surface area contributed by atoms with Crippen molar-refractivity contribution in [2.45, 2.75) is 31.1 Å². The molecule has 2 unspecified atom stereocenters. The molecule has 0 aliphatic carbocycles. The number of hydrogen-bond donors (Lipinski definition) is 4. The average Bonchev–Trinajstić information content (AvgIpc) is 2.83. The summed E-state index contributed by atoms with van der Waals surface area (Å²) < 4.78 is 0. The molecule has 0 aromatic carbocycles. The molecule has 1 aromatic heterocycles. The number of fused-ring (bicyclic) bond motifs is 1. The summed E-state index contributed by atoms with van der Waals surface area (Å²) in [6, 6.07) is 0.0773. The van der Waals surface area contributed by atoms with Gasteiger partial charge in [0.15, 0.2) is 0 Å². The van der Waals surface area contributed by atoms with Gasteiger partial charge in [-0.05, 0) is 5.25 Å². The molecular weight excluding hydrogens is 276 g/mol. The number of H-pyrrole nitrogens is 1. The van der Waals surface area contributed by atoms with E-state index in [4.69, 9.17) is 0 Å². The minimum absolute atomic E-state index is 0.0773. The monoisotopic (exact) mass is 298 g/mol. The van der Waals surface area contributed by atoms with E-state index in [1.54, 1.807) is 0 Å². The molecule has 0 spiro atoms. The Labute approximate surface area is 122 Å². The van der Waals surface area contributed by atoms with Crippen LogP contribution in [0.1, 0.15) is 25.5 Å². The molecule has 0 saturated heterocycles. The molecule has 0 radical (unpaired) electrons. The molecule has 2 atom stereocenters. The lowest BCUT2D eigenvalue weighted by atomic mass is 10.1. The molecule has 4 N–H and O–H groups in total. The number of nitrogens with zero attached hydrogens (tertiary/aromatic N) is 1. The van der Waals surface area contributed by atoms with Crippen molar-refractivity contribution in [2.75, 3.05) is 30.8 Å². The summed E-state index contributed by atoms with van der Waals surface area (Å²) >= 11 is 1.83. The van der Waals surface area contributed by atoms with E-state index in [1.165, 1.54) is 6.33 Å². The Morgan fingerprint density at radius 3 is 3.10 bits per heavy atom. The van der Waals surface area contributed by atoms with Crippen molar-refractivity contribution < 1.29 is 5.11 Å². The zero-order chi connectivity index (χ0) is 14.5. The Kier molecular flexibility index (Phi) is 5.45. The predicted octanol–water partition coefficient (Wildman–Crippen LogP) is 0.371. The van der Waals surface area contributed by atoms with Crippen LogP contribution >= 0.6 is 11.8 Å². The molecule has 1 aromatic rings. The Hall–Kier alpha value is -1.05. The van der Waals surface area contributed by atoms with Crippen molar-refractivity contribution >= 4 is 17.4 Å². The first-order valence-corrected chi connectivity index (χ1v) is 7.94. The number of aromatic nitrogens is 2. The topological polar surface area (TPSA) is 90.0 Å². The fourth-order valence-electron chi connectivity index (χ4n) is 2.18. The van der Waals surface area contributed by atoms with E-state index in [9.17, 15) is 9.90 Å². The molecule has 0 fully saturated rings. The quantitative estimate of drug-likeness (QED) is 0.581. The number of anilines is 1. The molecule has 2 rings (SSSR count). The molecule has 0 amide bonds. The highest BCUT2D eigenvalue weighted by atomic mass is 32.2. The first-order chi connectivity index (χ1) is 9.61. The molecule has 6 nitrogen and oxygen atoms in total. The number of hydrogen-bond acceptors (Lipinski definition) is 6. The molecule has 2 heterocycles. The molecular formula is C13H22N4O2S. The largest absolute Gasteiger partial charge is 0.395 e. The van der Waals surface area contributed by atoms with E-state index in [0.717, 1.165) is 11.4 Å². The highest BCUT2D eigenvalue weighted by molar-refractivity contribution is 7.99. The van der Waals surface area contributed by atoms with Crippen molar-refractivity contribution in [2.24, 2.45) is 0 Å². The van der Waals surface area contributed by atoms with Crippen molar-refractivity contribution in [1.29, 1.82) is 0 Å². The van der Waals surface area contributed by atoms with Gasteiger partial charge in [-0.1, -0.05) is 13.8 Å². The number of aliphatic hydroxyl groups is 1. The number of aliphatic hydroxyl groups excluding tert-OH is 1. The van der Waals surface area contributed by atoms with Crippen LogP contribution in [0.4, 0.5) is 5.69 Å². The van der Waals surface area contributed by atoms with Gasteiger partial charge in [0.2, 0.25) is 0 Å². The summed E-state index contributed by atoms with van der Waals surface area (Å²) in [5, 5.41) is 16.4. The van der Waals surface area contributed by atoms with Crippen LogP contribution in [0, 0.1) is 0 Å². The van der Waals surface area contributed by atoms with Crippen molar-refractivity contribution in [3.05, 3.63) is 22.4 Å². The minimum Gasteiger partial charge on any atom is -0.395 e. The molecule has 112 valence electrons. The van der Waals surface area contributed by atoms with Gasteiger partial charge in [-0.15, -0.1) is 0 Å². The lowest BCUT2D eigenvalue weighted by Gasteiger charge is -2.19. The molecule has 1 aliphatic heterocycles. The Morgan fingerprint density at radius 1 is 1.60 bits per heavy atom. The predicted molar refractivity (Wildman–Crippen MR) is 82.6 cm³/mol. The second-order valence-corrected chi connectivity index (χ2v) is 6.85. The third kappa shape index (κ3) is 3.74. The Morgan fingerprint density at radius 2 is 2.40 bits per heavy atom. The maximum atomic E-state index is 11.6. The SMILES string of the molecule is CC(C)SCC(CO)NCC1CNc2c1nc[nH]c2=O. The van der Waals surface area contributed by atoms with Gasteiger partial charge in [0.05, 0.1) is 18.6 Å². The summed E-state index contributed by atoms with van der Waals surface area (Å²) in [5.74, 6) is 1.05. The fourth-order valence-corrected chi connectivity index (χ4v) is 3.02. The number of thioether (sulfide) groups is 1. The van der Waals surface area contributed by atoms with Gasteiger partial charge < -0.3 is 20.7 Å². The zero-order valence-electron chi connectivity index (χ0n) is 11.8. The van der Waals surface area contributed by atoms with E-state index in [1.807, 2.05) is 11.8 Å². The standard InChI is InChI=1S/C13H22N4O2S/c1-8(2)20-6-10(5-18)14-3-9-4-15-12-11(9)16-7-17-13(12)19/h7-10,14-15,18H,3-6H2,1-2H3,(H,16,17,19). The summed E-state index contributed by atoms with van der Waals surface area (Å²) in [6.45, 7) is 5.83.